The van der Waals surface area contributed by atoms with Crippen LogP contribution in [0.5, 0.6) is 0 Å². The Bertz CT molecular complexity index is 1200. The molecule has 0 aliphatic heterocycles. The molecule has 9 atom stereocenters. The molecule has 5 aliphatic rings. The second kappa shape index (κ2) is 11.2. The van der Waals surface area contributed by atoms with Crippen LogP contribution in [0.3, 0.4) is 0 Å². The monoisotopic (exact) mass is 598 g/mol. The van der Waals surface area contributed by atoms with Gasteiger partial charge < -0.3 is 10.2 Å². The molecule has 5 aliphatic carbocycles. The zero-order chi connectivity index (χ0) is 30.0. The van der Waals surface area contributed by atoms with Gasteiger partial charge in [0.1, 0.15) is 0 Å². The van der Waals surface area contributed by atoms with E-state index >= 15 is 0 Å². The summed E-state index contributed by atoms with van der Waals surface area (Å²) in [6.07, 6.45) is 15.9. The summed E-state index contributed by atoms with van der Waals surface area (Å²) in [4.78, 5) is 0.418. The van der Waals surface area contributed by atoms with Crippen molar-refractivity contribution in [3.63, 3.8) is 0 Å². The summed E-state index contributed by atoms with van der Waals surface area (Å²) in [6, 6.07) is 9.07. The van der Waals surface area contributed by atoms with Crippen LogP contribution in [0.4, 0.5) is 0 Å². The highest BCUT2D eigenvalue weighted by molar-refractivity contribution is 7.92. The molecule has 0 aromatic heterocycles. The van der Waals surface area contributed by atoms with Gasteiger partial charge in [0.05, 0.1) is 21.9 Å². The fraction of sp³-hybridized carbons (Fsp3) is 0.838. The van der Waals surface area contributed by atoms with Gasteiger partial charge in [-0.15, -0.1) is 0 Å². The van der Waals surface area contributed by atoms with Gasteiger partial charge in [-0.05, 0) is 154 Å². The number of rotatable bonds is 7. The van der Waals surface area contributed by atoms with Crippen molar-refractivity contribution in [3.05, 3.63) is 30.3 Å². The number of fused-ring (bicyclic) bond motifs is 5. The smallest absolute Gasteiger partial charge is 0.181 e. The predicted octanol–water partition coefficient (Wildman–Crippen LogP) is 8.35. The highest BCUT2D eigenvalue weighted by Gasteiger charge is 2.60. The molecule has 0 saturated heterocycles. The van der Waals surface area contributed by atoms with Crippen LogP contribution in [0.2, 0.25) is 0 Å². The average Bonchev–Trinajstić information content (AvgIpc) is 3.31. The summed E-state index contributed by atoms with van der Waals surface area (Å²) in [7, 11) is -3.56. The van der Waals surface area contributed by atoms with E-state index in [0.717, 1.165) is 50.4 Å². The number of aliphatic hydroxyl groups excluding tert-OH is 1. The van der Waals surface area contributed by atoms with Gasteiger partial charge in [0.15, 0.2) is 9.84 Å². The fourth-order valence-corrected chi connectivity index (χ4v) is 13.4. The second-order valence-electron chi connectivity index (χ2n) is 16.7. The summed E-state index contributed by atoms with van der Waals surface area (Å²) in [5.74, 6) is 3.21. The zero-order valence-electron chi connectivity index (χ0n) is 26.9. The Morgan fingerprint density at radius 3 is 2.19 bits per heavy atom. The molecule has 42 heavy (non-hydrogen) atoms. The van der Waals surface area contributed by atoms with Crippen LogP contribution in [0.15, 0.2) is 35.2 Å². The lowest BCUT2D eigenvalue weighted by atomic mass is 9.44. The van der Waals surface area contributed by atoms with Gasteiger partial charge >= 0.3 is 0 Å². The molecule has 6 rings (SSSR count). The zero-order valence-corrected chi connectivity index (χ0v) is 27.7. The molecule has 0 amide bonds. The van der Waals surface area contributed by atoms with Crippen LogP contribution in [0.1, 0.15) is 130 Å². The van der Waals surface area contributed by atoms with Crippen LogP contribution in [-0.4, -0.2) is 35.6 Å². The van der Waals surface area contributed by atoms with Gasteiger partial charge in [0, 0.05) is 0 Å². The molecule has 0 bridgehead atoms. The molecule has 1 aromatic carbocycles. The molecule has 8 unspecified atom stereocenters. The van der Waals surface area contributed by atoms with E-state index in [2.05, 4.69) is 27.7 Å². The Morgan fingerprint density at radius 2 is 1.50 bits per heavy atom. The molecule has 2 N–H and O–H groups in total. The molecule has 5 fully saturated rings. The lowest BCUT2D eigenvalue weighted by molar-refractivity contribution is -0.127. The van der Waals surface area contributed by atoms with Crippen LogP contribution in [0.25, 0.3) is 0 Å². The molecule has 5 saturated carbocycles. The Labute approximate surface area is 256 Å². The van der Waals surface area contributed by atoms with E-state index < -0.39 is 20.7 Å². The number of hydrogen-bond acceptors (Lipinski definition) is 4. The number of hydrogen-bond donors (Lipinski definition) is 2. The Hall–Kier alpha value is -0.910. The second-order valence-corrected chi connectivity index (χ2v) is 18.9. The largest absolute Gasteiger partial charge is 0.393 e. The molecule has 5 heteroatoms. The molecule has 0 heterocycles. The van der Waals surface area contributed by atoms with Gasteiger partial charge in [-0.1, -0.05) is 52.3 Å². The highest BCUT2D eigenvalue weighted by atomic mass is 32.2. The first-order chi connectivity index (χ1) is 19.8. The van der Waals surface area contributed by atoms with Gasteiger partial charge in [-0.2, -0.15) is 0 Å². The van der Waals surface area contributed by atoms with E-state index in [-0.39, 0.29) is 16.9 Å². The van der Waals surface area contributed by atoms with E-state index in [0.29, 0.717) is 53.7 Å². The van der Waals surface area contributed by atoms with Crippen LogP contribution in [0, 0.1) is 45.8 Å². The summed E-state index contributed by atoms with van der Waals surface area (Å²) >= 11 is 0. The predicted molar refractivity (Wildman–Crippen MR) is 170 cm³/mol. The van der Waals surface area contributed by atoms with Crippen LogP contribution < -0.4 is 0 Å². The van der Waals surface area contributed by atoms with E-state index in [1.807, 2.05) is 18.2 Å². The Balaban J connectivity index is 1.24. The molecule has 236 valence electrons. The van der Waals surface area contributed by atoms with E-state index in [1.165, 1.54) is 38.5 Å². The number of aliphatic hydroxyl groups is 2. The van der Waals surface area contributed by atoms with E-state index in [1.54, 1.807) is 12.1 Å². The van der Waals surface area contributed by atoms with E-state index in [9.17, 15) is 18.6 Å². The minimum absolute atomic E-state index is 0.109. The maximum Gasteiger partial charge on any atom is 0.181 e. The quantitative estimate of drug-likeness (QED) is 0.331. The van der Waals surface area contributed by atoms with Crippen LogP contribution in [-0.2, 0) is 9.84 Å². The maximum atomic E-state index is 14.3. The molecule has 0 radical (unpaired) electrons. The summed E-state index contributed by atoms with van der Waals surface area (Å²) in [6.45, 7) is 9.62. The first kappa shape index (κ1) is 31.1. The summed E-state index contributed by atoms with van der Waals surface area (Å²) in [5, 5.41) is 21.8. The fourth-order valence-electron chi connectivity index (χ4n) is 11.5. The van der Waals surface area contributed by atoms with Crippen molar-refractivity contribution in [3.8, 4) is 0 Å². The number of benzene rings is 1. The van der Waals surface area contributed by atoms with Gasteiger partial charge in [0.25, 0.3) is 0 Å². The molecular weight excluding hydrogens is 540 g/mol. The third kappa shape index (κ3) is 5.34. The highest BCUT2D eigenvalue weighted by Crippen LogP contribution is 2.68. The molecule has 4 nitrogen and oxygen atoms in total. The molecule has 1 aromatic rings. The summed E-state index contributed by atoms with van der Waals surface area (Å²) < 4.78 is 28.6. The maximum absolute atomic E-state index is 14.3. The normalized spacial score (nSPS) is 46.3. The lowest BCUT2D eigenvalue weighted by Crippen LogP contribution is -2.54. The van der Waals surface area contributed by atoms with Gasteiger partial charge in [-0.3, -0.25) is 0 Å². The van der Waals surface area contributed by atoms with Crippen molar-refractivity contribution in [2.75, 3.05) is 0 Å². The summed E-state index contributed by atoms with van der Waals surface area (Å²) in [5.41, 5.74) is -0.0931. The average molecular weight is 599 g/mol. The standard InChI is InChI=1S/C37H58O4S/c1-5-34(2)19-21-37(39,22-20-34)25-30(42(40,41)29-9-7-6-8-10-29)24-27-12-14-32-31-13-11-26-23-28(38)15-17-35(26,3)33(31)16-18-36(27,32)4/h6-10,26-28,30-33,38-39H,5,11-25H2,1-4H3/t26?,27?,28?,30?,31?,32?,33?,34?,35?,36-,37?/m1/s1. The molecule has 0 spiro atoms. The topological polar surface area (TPSA) is 74.6 Å². The van der Waals surface area contributed by atoms with Gasteiger partial charge in [0.2, 0.25) is 0 Å². The number of sulfone groups is 1. The van der Waals surface area contributed by atoms with Crippen molar-refractivity contribution >= 4 is 9.84 Å². The van der Waals surface area contributed by atoms with Crippen LogP contribution >= 0.6 is 0 Å². The van der Waals surface area contributed by atoms with Crippen molar-refractivity contribution < 1.29 is 18.6 Å². The Morgan fingerprint density at radius 1 is 0.833 bits per heavy atom. The lowest BCUT2D eigenvalue weighted by Gasteiger charge is -2.61. The minimum Gasteiger partial charge on any atom is -0.393 e. The third-order valence-corrected chi connectivity index (χ3v) is 16.9. The van der Waals surface area contributed by atoms with Gasteiger partial charge in [-0.25, -0.2) is 8.42 Å². The first-order valence-electron chi connectivity index (χ1n) is 17.5. The van der Waals surface area contributed by atoms with Crippen molar-refractivity contribution in [2.24, 2.45) is 45.8 Å². The van der Waals surface area contributed by atoms with Crippen molar-refractivity contribution in [1.29, 1.82) is 0 Å². The van der Waals surface area contributed by atoms with Crippen molar-refractivity contribution in [2.45, 2.75) is 152 Å². The molecular formula is C37H58O4S. The van der Waals surface area contributed by atoms with E-state index in [4.69, 9.17) is 0 Å². The third-order valence-electron chi connectivity index (χ3n) is 14.7. The van der Waals surface area contributed by atoms with Crippen molar-refractivity contribution in [1.82, 2.24) is 0 Å². The minimum atomic E-state index is -3.56. The first-order valence-corrected chi connectivity index (χ1v) is 19.1. The SMILES string of the molecule is CCC1(C)CCC(O)(CC(CC2CCC3C4CCC5CC(O)CCC5(C)C4CC[C@]23C)S(=O)(=O)c2ccccc2)CC1. The Kier molecular flexibility index (Phi) is 8.26.